The summed E-state index contributed by atoms with van der Waals surface area (Å²) in [5.41, 5.74) is 1.70. The first-order chi connectivity index (χ1) is 11.7. The Balaban J connectivity index is 1.92. The van der Waals surface area contributed by atoms with E-state index in [0.29, 0.717) is 24.3 Å². The molecule has 0 radical (unpaired) electrons. The molecule has 0 spiro atoms. The van der Waals surface area contributed by atoms with Crippen LogP contribution in [0.1, 0.15) is 22.8 Å². The number of anilines is 1. The monoisotopic (exact) mass is 368 g/mol. The van der Waals surface area contributed by atoms with Crippen LogP contribution in [0, 0.1) is 0 Å². The Morgan fingerprint density at radius 2 is 2.04 bits per heavy atom. The number of carboxylic acid groups (broad SMARTS) is 1. The van der Waals surface area contributed by atoms with Crippen LogP contribution in [0.15, 0.2) is 18.2 Å². The minimum absolute atomic E-state index is 0.0368. The molecule has 1 saturated heterocycles. The molecule has 1 amide bonds. The zero-order valence-electron chi connectivity index (χ0n) is 14.0. The topological polar surface area (TPSA) is 104 Å². The summed E-state index contributed by atoms with van der Waals surface area (Å²) in [6, 6.07) is 3.59. The van der Waals surface area contributed by atoms with Crippen molar-refractivity contribution < 1.29 is 27.9 Å². The second-order valence-electron chi connectivity index (χ2n) is 6.38. The highest BCUT2D eigenvalue weighted by Gasteiger charge is 2.36. The number of carbonyl (C=O) groups excluding carboxylic acids is 1. The van der Waals surface area contributed by atoms with Crippen molar-refractivity contribution in [2.75, 3.05) is 30.3 Å². The predicted molar refractivity (Wildman–Crippen MR) is 90.2 cm³/mol. The molecule has 1 aromatic rings. The van der Waals surface area contributed by atoms with Gasteiger partial charge in [0.25, 0.3) is 5.91 Å². The lowest BCUT2D eigenvalue weighted by Gasteiger charge is -2.33. The molecule has 2 heterocycles. The van der Waals surface area contributed by atoms with E-state index in [2.05, 4.69) is 0 Å². The fraction of sp³-hybridized carbons (Fsp3) is 0.500. The zero-order chi connectivity index (χ0) is 18.4. The number of aliphatic carboxylic acids is 1. The van der Waals surface area contributed by atoms with Crippen LogP contribution >= 0.6 is 0 Å². The van der Waals surface area contributed by atoms with Crippen LogP contribution in [0.4, 0.5) is 5.69 Å². The van der Waals surface area contributed by atoms with Gasteiger partial charge in [-0.15, -0.1) is 0 Å². The van der Waals surface area contributed by atoms with E-state index in [4.69, 9.17) is 4.74 Å². The van der Waals surface area contributed by atoms with Gasteiger partial charge in [0.2, 0.25) is 10.0 Å². The third-order valence-electron chi connectivity index (χ3n) is 4.51. The van der Waals surface area contributed by atoms with Crippen molar-refractivity contribution in [2.24, 2.45) is 0 Å². The standard InChI is InChI=1S/C16H20N2O6S/c1-10-7-12-8-11(3-4-13(12)18(10)25(2,22)23)15(19)17-5-6-24-9-14(17)16(20)21/h3-4,8,10,14H,5-7,9H2,1-2H3,(H,20,21)/t10-,14+/m1/s1. The summed E-state index contributed by atoms with van der Waals surface area (Å²) in [6.07, 6.45) is 1.66. The van der Waals surface area contributed by atoms with Crippen LogP contribution < -0.4 is 4.31 Å². The van der Waals surface area contributed by atoms with Crippen molar-refractivity contribution in [1.29, 1.82) is 0 Å². The molecular weight excluding hydrogens is 348 g/mol. The van der Waals surface area contributed by atoms with Gasteiger partial charge in [0.1, 0.15) is 0 Å². The number of amides is 1. The van der Waals surface area contributed by atoms with E-state index in [0.717, 1.165) is 11.8 Å². The lowest BCUT2D eigenvalue weighted by molar-refractivity contribution is -0.147. The Labute approximate surface area is 146 Å². The minimum atomic E-state index is -3.39. The Kier molecular flexibility index (Phi) is 4.46. The van der Waals surface area contributed by atoms with E-state index in [1.165, 1.54) is 9.21 Å². The highest BCUT2D eigenvalue weighted by Crippen LogP contribution is 2.35. The molecule has 1 aromatic carbocycles. The smallest absolute Gasteiger partial charge is 0.328 e. The zero-order valence-corrected chi connectivity index (χ0v) is 14.8. The molecule has 136 valence electrons. The van der Waals surface area contributed by atoms with Gasteiger partial charge in [0.15, 0.2) is 6.04 Å². The van der Waals surface area contributed by atoms with E-state index in [-0.39, 0.29) is 25.1 Å². The Morgan fingerprint density at radius 3 is 2.68 bits per heavy atom. The van der Waals surface area contributed by atoms with E-state index in [1.54, 1.807) is 18.2 Å². The molecule has 2 aliphatic heterocycles. The molecule has 8 nitrogen and oxygen atoms in total. The summed E-state index contributed by atoms with van der Waals surface area (Å²) >= 11 is 0. The number of morpholine rings is 1. The van der Waals surface area contributed by atoms with Gasteiger partial charge in [0, 0.05) is 18.2 Å². The first kappa shape index (κ1) is 17.7. The number of carboxylic acids is 1. The molecule has 0 bridgehead atoms. The van der Waals surface area contributed by atoms with E-state index < -0.39 is 22.0 Å². The van der Waals surface area contributed by atoms with Gasteiger partial charge in [-0.1, -0.05) is 0 Å². The van der Waals surface area contributed by atoms with Crippen LogP contribution in [0.25, 0.3) is 0 Å². The molecule has 0 aliphatic carbocycles. The summed E-state index contributed by atoms with van der Waals surface area (Å²) in [7, 11) is -3.39. The van der Waals surface area contributed by atoms with Crippen LogP contribution in [0.5, 0.6) is 0 Å². The first-order valence-corrected chi connectivity index (χ1v) is 9.79. The summed E-state index contributed by atoms with van der Waals surface area (Å²) < 4.78 is 30.4. The summed E-state index contributed by atoms with van der Waals surface area (Å²) in [5, 5.41) is 9.27. The van der Waals surface area contributed by atoms with Crippen LogP contribution in [0.2, 0.25) is 0 Å². The molecule has 0 saturated carbocycles. The fourth-order valence-corrected chi connectivity index (χ4v) is 4.72. The van der Waals surface area contributed by atoms with Gasteiger partial charge in [-0.2, -0.15) is 0 Å². The van der Waals surface area contributed by atoms with Gasteiger partial charge in [0.05, 0.1) is 25.2 Å². The average molecular weight is 368 g/mol. The molecule has 9 heteroatoms. The minimum Gasteiger partial charge on any atom is -0.480 e. The average Bonchev–Trinajstić information content (AvgIpc) is 2.88. The molecule has 2 atom stereocenters. The molecule has 25 heavy (non-hydrogen) atoms. The Morgan fingerprint density at radius 1 is 1.32 bits per heavy atom. The lowest BCUT2D eigenvalue weighted by atomic mass is 10.0. The number of nitrogens with zero attached hydrogens (tertiary/aromatic N) is 2. The van der Waals surface area contributed by atoms with Crippen molar-refractivity contribution in [3.63, 3.8) is 0 Å². The molecular formula is C16H20N2O6S. The van der Waals surface area contributed by atoms with Gasteiger partial charge < -0.3 is 14.7 Å². The Hall–Kier alpha value is -2.13. The summed E-state index contributed by atoms with van der Waals surface area (Å²) in [5.74, 6) is -1.49. The number of sulfonamides is 1. The molecule has 2 aliphatic rings. The predicted octanol–water partition coefficient (Wildman–Crippen LogP) is 0.323. The number of hydrogen-bond acceptors (Lipinski definition) is 5. The van der Waals surface area contributed by atoms with Crippen molar-refractivity contribution >= 4 is 27.6 Å². The van der Waals surface area contributed by atoms with Crippen LogP contribution in [-0.2, 0) is 26.0 Å². The second-order valence-corrected chi connectivity index (χ2v) is 8.24. The van der Waals surface area contributed by atoms with Crippen LogP contribution in [0.3, 0.4) is 0 Å². The van der Waals surface area contributed by atoms with Gasteiger partial charge >= 0.3 is 5.97 Å². The first-order valence-electron chi connectivity index (χ1n) is 7.94. The highest BCUT2D eigenvalue weighted by atomic mass is 32.2. The molecule has 1 fully saturated rings. The summed E-state index contributed by atoms with van der Waals surface area (Å²) in [4.78, 5) is 25.4. The van der Waals surface area contributed by atoms with Crippen molar-refractivity contribution in [1.82, 2.24) is 4.90 Å². The third kappa shape index (κ3) is 3.21. The van der Waals surface area contributed by atoms with Crippen molar-refractivity contribution in [2.45, 2.75) is 25.4 Å². The van der Waals surface area contributed by atoms with Gasteiger partial charge in [-0.25, -0.2) is 13.2 Å². The van der Waals surface area contributed by atoms with Gasteiger partial charge in [-0.05, 0) is 37.1 Å². The van der Waals surface area contributed by atoms with Crippen LogP contribution in [-0.4, -0.2) is 68.4 Å². The SMILES string of the molecule is C[C@@H]1Cc2cc(C(=O)N3CCOC[C@H]3C(=O)O)ccc2N1S(C)(=O)=O. The van der Waals surface area contributed by atoms with Crippen molar-refractivity contribution in [3.05, 3.63) is 29.3 Å². The summed E-state index contributed by atoms with van der Waals surface area (Å²) in [6.45, 7) is 2.27. The number of hydrogen-bond donors (Lipinski definition) is 1. The largest absolute Gasteiger partial charge is 0.480 e. The van der Waals surface area contributed by atoms with E-state index in [9.17, 15) is 23.1 Å². The number of ether oxygens (including phenoxy) is 1. The molecule has 3 rings (SSSR count). The van der Waals surface area contributed by atoms with E-state index in [1.807, 2.05) is 6.92 Å². The Bertz CT molecular complexity index is 822. The number of benzene rings is 1. The maximum atomic E-state index is 12.7. The normalized spacial score (nSPS) is 23.4. The fourth-order valence-electron chi connectivity index (χ4n) is 3.46. The highest BCUT2D eigenvalue weighted by molar-refractivity contribution is 7.92. The second kappa shape index (κ2) is 6.30. The third-order valence-corrected chi connectivity index (χ3v) is 5.78. The molecule has 0 unspecified atom stereocenters. The molecule has 0 aromatic heterocycles. The van der Waals surface area contributed by atoms with E-state index >= 15 is 0 Å². The maximum Gasteiger partial charge on any atom is 0.328 e. The van der Waals surface area contributed by atoms with Crippen molar-refractivity contribution in [3.8, 4) is 0 Å². The maximum absolute atomic E-state index is 12.7. The number of fused-ring (bicyclic) bond motifs is 1. The molecule has 1 N–H and O–H groups in total. The number of rotatable bonds is 3. The quantitative estimate of drug-likeness (QED) is 0.824. The van der Waals surface area contributed by atoms with Gasteiger partial charge in [-0.3, -0.25) is 9.10 Å². The lowest BCUT2D eigenvalue weighted by Crippen LogP contribution is -2.52. The number of carbonyl (C=O) groups is 2.